The summed E-state index contributed by atoms with van der Waals surface area (Å²) in [5, 5.41) is 0. The average molecular weight is 151 g/mol. The molecule has 3 nitrogen and oxygen atoms in total. The second-order valence-electron chi connectivity index (χ2n) is 2.67. The van der Waals surface area contributed by atoms with Gasteiger partial charge < -0.3 is 4.74 Å². The van der Waals surface area contributed by atoms with Crippen LogP contribution in [-0.4, -0.2) is 24.1 Å². The van der Waals surface area contributed by atoms with Crippen molar-refractivity contribution < 1.29 is 9.53 Å². The van der Waals surface area contributed by atoms with Gasteiger partial charge in [0.2, 0.25) is 0 Å². The van der Waals surface area contributed by atoms with E-state index in [1.807, 2.05) is 12.2 Å². The van der Waals surface area contributed by atoms with Gasteiger partial charge >= 0.3 is 6.09 Å². The molecule has 0 bridgehead atoms. The molecule has 0 spiro atoms. The molecule has 0 N–H and O–H groups in total. The molecule has 2 aliphatic rings. The van der Waals surface area contributed by atoms with E-state index in [-0.39, 0.29) is 12.1 Å². The van der Waals surface area contributed by atoms with E-state index >= 15 is 0 Å². The Morgan fingerprint density at radius 2 is 2.27 bits per heavy atom. The fourth-order valence-corrected chi connectivity index (χ4v) is 1.37. The predicted molar refractivity (Wildman–Crippen MR) is 39.8 cm³/mol. The molecular weight excluding hydrogens is 142 g/mol. The Morgan fingerprint density at radius 1 is 1.45 bits per heavy atom. The van der Waals surface area contributed by atoms with Gasteiger partial charge in [-0.3, -0.25) is 4.90 Å². The zero-order valence-electron chi connectivity index (χ0n) is 6.23. The minimum atomic E-state index is -0.280. The van der Waals surface area contributed by atoms with Gasteiger partial charge in [0.25, 0.3) is 0 Å². The first-order chi connectivity index (χ1) is 5.33. The summed E-state index contributed by atoms with van der Waals surface area (Å²) in [6.45, 7) is 0. The minimum absolute atomic E-state index is 0.224. The minimum Gasteiger partial charge on any atom is -0.452 e. The maximum atomic E-state index is 11.0. The van der Waals surface area contributed by atoms with E-state index < -0.39 is 0 Å². The van der Waals surface area contributed by atoms with Crippen molar-refractivity contribution in [3.05, 3.63) is 24.4 Å². The zero-order chi connectivity index (χ0) is 7.84. The standard InChI is InChI=1S/C8H9NO2/c1-11-8(10)9-5-4-6-2-3-7(6)9/h2-7H,1H3/t6-,7-/m1/s1. The van der Waals surface area contributed by atoms with Crippen molar-refractivity contribution in [2.45, 2.75) is 6.04 Å². The summed E-state index contributed by atoms with van der Waals surface area (Å²) in [7, 11) is 1.39. The van der Waals surface area contributed by atoms with Gasteiger partial charge in [-0.05, 0) is 0 Å². The Labute approximate surface area is 64.9 Å². The lowest BCUT2D eigenvalue weighted by Crippen LogP contribution is -2.38. The van der Waals surface area contributed by atoms with Crippen LogP contribution in [0.2, 0.25) is 0 Å². The van der Waals surface area contributed by atoms with E-state index in [1.54, 1.807) is 11.1 Å². The first-order valence-corrected chi connectivity index (χ1v) is 3.56. The summed E-state index contributed by atoms with van der Waals surface area (Å²) in [5.41, 5.74) is 0. The predicted octanol–water partition coefficient (Wildman–Crippen LogP) is 1.14. The number of ether oxygens (including phenoxy) is 1. The quantitative estimate of drug-likeness (QED) is 0.486. The number of methoxy groups -OCH3 is 1. The van der Waals surface area contributed by atoms with Crippen LogP contribution < -0.4 is 0 Å². The largest absolute Gasteiger partial charge is 0.452 e. The SMILES string of the molecule is COC(=O)N1C=C[C@H]2C=C[C@H]21. The molecule has 0 aromatic heterocycles. The molecule has 0 aromatic carbocycles. The smallest absolute Gasteiger partial charge is 0.414 e. The number of rotatable bonds is 0. The molecule has 1 aliphatic heterocycles. The van der Waals surface area contributed by atoms with Gasteiger partial charge in [0.1, 0.15) is 0 Å². The maximum absolute atomic E-state index is 11.0. The Kier molecular flexibility index (Phi) is 1.24. The highest BCUT2D eigenvalue weighted by Crippen LogP contribution is 2.31. The molecule has 1 aliphatic carbocycles. The lowest BCUT2D eigenvalue weighted by molar-refractivity contribution is 0.131. The van der Waals surface area contributed by atoms with Gasteiger partial charge in [0.15, 0.2) is 0 Å². The van der Waals surface area contributed by atoms with E-state index in [0.717, 1.165) is 0 Å². The summed E-state index contributed by atoms with van der Waals surface area (Å²) in [6, 6.07) is 0.224. The van der Waals surface area contributed by atoms with Crippen molar-refractivity contribution in [2.75, 3.05) is 7.11 Å². The summed E-state index contributed by atoms with van der Waals surface area (Å²) in [6.07, 6.45) is 7.58. The number of hydrogen-bond acceptors (Lipinski definition) is 2. The average Bonchev–Trinajstić information content (AvgIpc) is 2.25. The molecule has 2 atom stereocenters. The summed E-state index contributed by atoms with van der Waals surface area (Å²) >= 11 is 0. The molecule has 0 saturated carbocycles. The number of fused-ring (bicyclic) bond motifs is 1. The molecule has 58 valence electrons. The topological polar surface area (TPSA) is 29.5 Å². The third-order valence-electron chi connectivity index (χ3n) is 2.10. The lowest BCUT2D eigenvalue weighted by Gasteiger charge is -2.28. The lowest BCUT2D eigenvalue weighted by atomic mass is 9.91. The monoisotopic (exact) mass is 151 g/mol. The molecule has 0 radical (unpaired) electrons. The number of carbonyl (C=O) groups is 1. The molecule has 0 aromatic rings. The van der Waals surface area contributed by atoms with E-state index in [9.17, 15) is 4.79 Å². The molecule has 11 heavy (non-hydrogen) atoms. The van der Waals surface area contributed by atoms with Gasteiger partial charge in [0, 0.05) is 12.1 Å². The first kappa shape index (κ1) is 6.46. The summed E-state index contributed by atoms with van der Waals surface area (Å²) in [5.74, 6) is 0.425. The molecule has 1 amide bonds. The van der Waals surface area contributed by atoms with Crippen molar-refractivity contribution in [3.63, 3.8) is 0 Å². The van der Waals surface area contributed by atoms with E-state index in [1.165, 1.54) is 7.11 Å². The molecule has 0 unspecified atom stereocenters. The van der Waals surface area contributed by atoms with Crippen molar-refractivity contribution >= 4 is 6.09 Å². The second-order valence-corrected chi connectivity index (χ2v) is 2.67. The van der Waals surface area contributed by atoms with E-state index in [4.69, 9.17) is 0 Å². The summed E-state index contributed by atoms with van der Waals surface area (Å²) < 4.78 is 4.59. The van der Waals surface area contributed by atoms with Crippen LogP contribution in [0.1, 0.15) is 0 Å². The van der Waals surface area contributed by atoms with Gasteiger partial charge in [-0.2, -0.15) is 0 Å². The van der Waals surface area contributed by atoms with Crippen LogP contribution in [0, 0.1) is 5.92 Å². The number of carbonyl (C=O) groups excluding carboxylic acids is 1. The van der Waals surface area contributed by atoms with Gasteiger partial charge in [0.05, 0.1) is 13.2 Å². The highest BCUT2D eigenvalue weighted by Gasteiger charge is 2.35. The van der Waals surface area contributed by atoms with Crippen LogP contribution in [0.4, 0.5) is 4.79 Å². The van der Waals surface area contributed by atoms with Gasteiger partial charge in [-0.15, -0.1) is 0 Å². The van der Waals surface area contributed by atoms with E-state index in [2.05, 4.69) is 10.8 Å². The van der Waals surface area contributed by atoms with Crippen LogP contribution in [0.15, 0.2) is 24.4 Å². The van der Waals surface area contributed by atoms with Gasteiger partial charge in [-0.25, -0.2) is 4.79 Å². The Morgan fingerprint density at radius 3 is 2.73 bits per heavy atom. The zero-order valence-corrected chi connectivity index (χ0v) is 6.23. The van der Waals surface area contributed by atoms with Crippen molar-refractivity contribution in [3.8, 4) is 0 Å². The van der Waals surface area contributed by atoms with Crippen LogP contribution in [0.5, 0.6) is 0 Å². The molecule has 1 heterocycles. The molecule has 2 rings (SSSR count). The van der Waals surface area contributed by atoms with Crippen LogP contribution in [0.3, 0.4) is 0 Å². The Balaban J connectivity index is 2.12. The third kappa shape index (κ3) is 0.770. The first-order valence-electron chi connectivity index (χ1n) is 3.56. The maximum Gasteiger partial charge on any atom is 0.414 e. The number of hydrogen-bond donors (Lipinski definition) is 0. The Bertz CT molecular complexity index is 244. The van der Waals surface area contributed by atoms with Crippen molar-refractivity contribution in [1.82, 2.24) is 4.90 Å². The second kappa shape index (κ2) is 2.12. The third-order valence-corrected chi connectivity index (χ3v) is 2.10. The van der Waals surface area contributed by atoms with Crippen molar-refractivity contribution in [1.29, 1.82) is 0 Å². The fraction of sp³-hybridized carbons (Fsp3) is 0.375. The molecule has 3 heteroatoms. The van der Waals surface area contributed by atoms with E-state index in [0.29, 0.717) is 5.92 Å². The highest BCUT2D eigenvalue weighted by molar-refractivity contribution is 5.71. The van der Waals surface area contributed by atoms with Gasteiger partial charge in [-0.1, -0.05) is 18.2 Å². The van der Waals surface area contributed by atoms with Crippen LogP contribution in [0.25, 0.3) is 0 Å². The molecular formula is C8H9NO2. The van der Waals surface area contributed by atoms with Crippen molar-refractivity contribution in [2.24, 2.45) is 5.92 Å². The van der Waals surface area contributed by atoms with Crippen LogP contribution in [-0.2, 0) is 4.74 Å². The number of nitrogens with zero attached hydrogens (tertiary/aromatic N) is 1. The molecule has 0 saturated heterocycles. The fourth-order valence-electron chi connectivity index (χ4n) is 1.37. The Hall–Kier alpha value is -1.25. The molecule has 0 fully saturated rings. The highest BCUT2D eigenvalue weighted by atomic mass is 16.5. The normalized spacial score (nSPS) is 31.5. The summed E-state index contributed by atoms with van der Waals surface area (Å²) in [4.78, 5) is 12.6. The number of amides is 1. The van der Waals surface area contributed by atoms with Crippen LogP contribution >= 0.6 is 0 Å².